The van der Waals surface area contributed by atoms with Crippen LogP contribution < -0.4 is 0 Å². The van der Waals surface area contributed by atoms with Crippen molar-refractivity contribution in [3.8, 4) is 0 Å². The zero-order valence-electron chi connectivity index (χ0n) is 30.2. The minimum Gasteiger partial charge on any atom is -0.472 e. The van der Waals surface area contributed by atoms with Crippen LogP contribution in [0.1, 0.15) is 47.0 Å². The number of ether oxygens (including phenoxy) is 9. The lowest BCUT2D eigenvalue weighted by Crippen LogP contribution is -2.63. The van der Waals surface area contributed by atoms with Gasteiger partial charge in [0.05, 0.1) is 43.5 Å². The molecule has 6 rings (SSSR count). The van der Waals surface area contributed by atoms with Crippen molar-refractivity contribution in [2.75, 3.05) is 13.2 Å². The third-order valence-electron chi connectivity index (χ3n) is 11.6. The van der Waals surface area contributed by atoms with Crippen LogP contribution in [0.15, 0.2) is 12.3 Å². The van der Waals surface area contributed by atoms with Crippen LogP contribution in [0.2, 0.25) is 0 Å². The second kappa shape index (κ2) is 16.0. The van der Waals surface area contributed by atoms with Gasteiger partial charge in [0, 0.05) is 44.9 Å². The molecule has 5 fully saturated rings. The van der Waals surface area contributed by atoms with Crippen molar-refractivity contribution in [3.05, 3.63) is 12.3 Å². The molecule has 0 bridgehead atoms. The van der Waals surface area contributed by atoms with Crippen LogP contribution >= 0.6 is 0 Å². The van der Waals surface area contributed by atoms with Crippen LogP contribution in [0.4, 0.5) is 0 Å². The summed E-state index contributed by atoms with van der Waals surface area (Å²) in [4.78, 5) is 24.2. The van der Waals surface area contributed by atoms with Gasteiger partial charge < -0.3 is 88.6 Å². The molecule has 6 aliphatic rings. The molecule has 0 aromatic carbocycles. The standard InChI is InChI=1S/C34H52O20/c1-12(37)53-33(3)8-16(39)14-5-6-46-29(21(14)33)51-32-27(45)28(24(42)19(11-36)48-32)49-20-7-15-17(40)9-34(4,54-13(2)38)22(15)30(50-20)52-31-26(44)25(43)23(41)18(10-35)47-31/h5-6,14-32,35-36,39-45H,7-11H2,1-4H3/t14-,15-,16+,17+,18+,19+,20-,21+,22+,23+,24+,25-,26+,27+,28-,29-,30-,31-,32-,33-,34-/m0/s1. The highest BCUT2D eigenvalue weighted by Gasteiger charge is 2.63. The number of aliphatic hydroxyl groups excluding tert-OH is 9. The fourth-order valence-electron chi connectivity index (χ4n) is 9.19. The Balaban J connectivity index is 1.24. The number of esters is 2. The van der Waals surface area contributed by atoms with Crippen molar-refractivity contribution in [3.63, 3.8) is 0 Å². The second-order valence-electron chi connectivity index (χ2n) is 15.4. The van der Waals surface area contributed by atoms with E-state index in [-0.39, 0.29) is 19.3 Å². The number of hydrogen-bond acceptors (Lipinski definition) is 20. The molecule has 20 heteroatoms. The zero-order chi connectivity index (χ0) is 39.4. The molecule has 21 atom stereocenters. The highest BCUT2D eigenvalue weighted by molar-refractivity contribution is 5.67. The fraction of sp³-hybridized carbons (Fsp3) is 0.882. The first-order chi connectivity index (χ1) is 25.4. The maximum absolute atomic E-state index is 12.2. The van der Waals surface area contributed by atoms with Crippen LogP contribution in [0.3, 0.4) is 0 Å². The monoisotopic (exact) mass is 780 g/mol. The molecule has 0 aromatic heterocycles. The first kappa shape index (κ1) is 41.5. The summed E-state index contributed by atoms with van der Waals surface area (Å²) in [6, 6.07) is 0. The highest BCUT2D eigenvalue weighted by atomic mass is 16.8. The summed E-state index contributed by atoms with van der Waals surface area (Å²) in [5.41, 5.74) is -2.64. The SMILES string of the molecule is CC(=O)O[C@@]1(C)C[C@@H](O)[C@@H]2C=CO[C@@H](O[C@@H]3O[C@H](CO)[C@@H](O)[C@H](O[C@@H]4C[C@@H]5[C@H]([C@H](O[C@@H]6O[C@H](CO)[C@@H](O)[C@H](O)[C@H]6O)O4)[C@@](C)(OC(C)=O)C[C@H]5O)[C@H]3O)[C@@H]21. The summed E-state index contributed by atoms with van der Waals surface area (Å²) < 4.78 is 52.7. The topological polar surface area (TPSA) is 299 Å². The Morgan fingerprint density at radius 2 is 1.22 bits per heavy atom. The molecule has 3 saturated heterocycles. The molecule has 0 aromatic rings. The molecule has 9 N–H and O–H groups in total. The van der Waals surface area contributed by atoms with E-state index < -0.39 is 153 Å². The Labute approximate surface area is 310 Å². The molecule has 0 radical (unpaired) electrons. The Morgan fingerprint density at radius 1 is 0.667 bits per heavy atom. The van der Waals surface area contributed by atoms with Gasteiger partial charge in [-0.1, -0.05) is 0 Å². The van der Waals surface area contributed by atoms with Crippen molar-refractivity contribution in [2.24, 2.45) is 23.7 Å². The van der Waals surface area contributed by atoms with E-state index in [1.807, 2.05) is 0 Å². The third kappa shape index (κ3) is 7.77. The molecule has 0 spiro atoms. The largest absolute Gasteiger partial charge is 0.472 e. The molecule has 2 aliphatic carbocycles. The van der Waals surface area contributed by atoms with Gasteiger partial charge >= 0.3 is 11.9 Å². The number of rotatable bonds is 10. The summed E-state index contributed by atoms with van der Waals surface area (Å²) in [5.74, 6) is -4.34. The molecule has 54 heavy (non-hydrogen) atoms. The summed E-state index contributed by atoms with van der Waals surface area (Å²) >= 11 is 0. The quantitative estimate of drug-likeness (QED) is 0.0961. The number of carbonyl (C=O) groups excluding carboxylic acids is 2. The summed E-state index contributed by atoms with van der Waals surface area (Å²) in [6.45, 7) is 4.07. The Bertz CT molecular complexity index is 1370. The lowest BCUT2D eigenvalue weighted by atomic mass is 9.82. The van der Waals surface area contributed by atoms with Crippen molar-refractivity contribution < 1.29 is 98.2 Å². The van der Waals surface area contributed by atoms with Gasteiger partial charge in [0.15, 0.2) is 25.2 Å². The second-order valence-corrected chi connectivity index (χ2v) is 15.4. The Hall–Kier alpha value is -2.12. The van der Waals surface area contributed by atoms with Gasteiger partial charge in [-0.25, -0.2) is 0 Å². The van der Waals surface area contributed by atoms with Crippen molar-refractivity contribution in [1.82, 2.24) is 0 Å². The van der Waals surface area contributed by atoms with Gasteiger partial charge in [0.1, 0.15) is 60.0 Å². The van der Waals surface area contributed by atoms with Gasteiger partial charge in [-0.05, 0) is 19.9 Å². The van der Waals surface area contributed by atoms with Crippen LogP contribution in [0.5, 0.6) is 0 Å². The lowest BCUT2D eigenvalue weighted by molar-refractivity contribution is -0.401. The number of carbonyl (C=O) groups is 2. The van der Waals surface area contributed by atoms with Gasteiger partial charge in [-0.3, -0.25) is 9.59 Å². The van der Waals surface area contributed by atoms with Crippen molar-refractivity contribution in [2.45, 2.75) is 151 Å². The average Bonchev–Trinajstić information content (AvgIpc) is 3.50. The minimum absolute atomic E-state index is 0.0587. The van der Waals surface area contributed by atoms with E-state index in [0.29, 0.717) is 0 Å². The Kier molecular flexibility index (Phi) is 12.3. The van der Waals surface area contributed by atoms with E-state index in [9.17, 15) is 55.5 Å². The zero-order valence-corrected chi connectivity index (χ0v) is 30.2. The summed E-state index contributed by atoms with van der Waals surface area (Å²) in [5, 5.41) is 96.2. The van der Waals surface area contributed by atoms with E-state index in [1.54, 1.807) is 19.9 Å². The van der Waals surface area contributed by atoms with Gasteiger partial charge in [0.2, 0.25) is 6.29 Å². The van der Waals surface area contributed by atoms with Gasteiger partial charge in [-0.2, -0.15) is 0 Å². The number of fused-ring (bicyclic) bond motifs is 2. The van der Waals surface area contributed by atoms with E-state index >= 15 is 0 Å². The van der Waals surface area contributed by atoms with Crippen molar-refractivity contribution in [1.29, 1.82) is 0 Å². The first-order valence-corrected chi connectivity index (χ1v) is 18.0. The minimum atomic E-state index is -1.85. The summed E-state index contributed by atoms with van der Waals surface area (Å²) in [6.07, 6.45) is -19.9. The highest BCUT2D eigenvalue weighted by Crippen LogP contribution is 2.52. The van der Waals surface area contributed by atoms with Crippen LogP contribution in [-0.2, 0) is 52.2 Å². The van der Waals surface area contributed by atoms with Gasteiger partial charge in [-0.15, -0.1) is 0 Å². The maximum Gasteiger partial charge on any atom is 0.303 e. The summed E-state index contributed by atoms with van der Waals surface area (Å²) in [7, 11) is 0. The predicted octanol–water partition coefficient (Wildman–Crippen LogP) is -3.78. The van der Waals surface area contributed by atoms with Gasteiger partial charge in [0.25, 0.3) is 0 Å². The maximum atomic E-state index is 12.2. The average molecular weight is 781 g/mol. The molecule has 0 amide bonds. The molecular formula is C34H52O20. The predicted molar refractivity (Wildman–Crippen MR) is 171 cm³/mol. The van der Waals surface area contributed by atoms with Crippen LogP contribution in [0.25, 0.3) is 0 Å². The molecule has 4 heterocycles. The molecule has 4 aliphatic heterocycles. The fourth-order valence-corrected chi connectivity index (χ4v) is 9.19. The third-order valence-corrected chi connectivity index (χ3v) is 11.6. The smallest absolute Gasteiger partial charge is 0.303 e. The van der Waals surface area contributed by atoms with E-state index in [1.165, 1.54) is 20.1 Å². The first-order valence-electron chi connectivity index (χ1n) is 18.0. The molecule has 20 nitrogen and oxygen atoms in total. The molecule has 0 unspecified atom stereocenters. The normalized spacial score (nSPS) is 51.5. The molecule has 308 valence electrons. The van der Waals surface area contributed by atoms with Crippen molar-refractivity contribution >= 4 is 11.9 Å². The van der Waals surface area contributed by atoms with E-state index in [4.69, 9.17) is 42.6 Å². The van der Waals surface area contributed by atoms with E-state index in [0.717, 1.165) is 0 Å². The lowest BCUT2D eigenvalue weighted by Gasteiger charge is -2.49. The number of hydrogen-bond donors (Lipinski definition) is 9. The Morgan fingerprint density at radius 3 is 1.83 bits per heavy atom. The van der Waals surface area contributed by atoms with Crippen LogP contribution in [-0.4, -0.2) is 175 Å². The molecular weight excluding hydrogens is 728 g/mol. The van der Waals surface area contributed by atoms with Crippen LogP contribution in [0, 0.1) is 23.7 Å². The number of aliphatic hydroxyl groups is 9. The molecule has 2 saturated carbocycles. The van der Waals surface area contributed by atoms with E-state index in [2.05, 4.69) is 0 Å².